The molecule has 0 spiro atoms. The number of piperidine rings is 1. The molecule has 0 aliphatic carbocycles. The van der Waals surface area contributed by atoms with Gasteiger partial charge in [-0.3, -0.25) is 0 Å². The maximum atomic E-state index is 13.7. The summed E-state index contributed by atoms with van der Waals surface area (Å²) in [6.45, 7) is 3.20. The van der Waals surface area contributed by atoms with E-state index in [-0.39, 0.29) is 17.6 Å². The minimum Gasteiger partial charge on any atom is -0.310 e. The van der Waals surface area contributed by atoms with E-state index in [1.54, 1.807) is 17.3 Å². The first kappa shape index (κ1) is 16.9. The maximum Gasteiger partial charge on any atom is 0.213 e. The van der Waals surface area contributed by atoms with Crippen LogP contribution in [0, 0.1) is 5.82 Å². The minimum absolute atomic E-state index is 0.148. The van der Waals surface area contributed by atoms with Gasteiger partial charge in [0.1, 0.15) is 5.82 Å². The van der Waals surface area contributed by atoms with Crippen LogP contribution in [0.2, 0.25) is 0 Å². The van der Waals surface area contributed by atoms with E-state index in [4.69, 9.17) is 0 Å². The SMILES string of the molecule is CCS(=O)(=O)N1CCC(NCc2ccc(Br)cc2F)CC1. The fraction of sp³-hybridized carbons (Fsp3) is 0.571. The van der Waals surface area contributed by atoms with Crippen molar-refractivity contribution in [3.63, 3.8) is 0 Å². The van der Waals surface area contributed by atoms with E-state index in [1.165, 1.54) is 6.07 Å². The van der Waals surface area contributed by atoms with Crippen molar-refractivity contribution in [3.05, 3.63) is 34.1 Å². The van der Waals surface area contributed by atoms with Crippen molar-refractivity contribution >= 4 is 26.0 Å². The molecule has 0 radical (unpaired) electrons. The summed E-state index contributed by atoms with van der Waals surface area (Å²) in [5.41, 5.74) is 0.627. The fourth-order valence-electron chi connectivity index (χ4n) is 2.44. The molecule has 1 saturated heterocycles. The molecule has 7 heteroatoms. The standard InChI is InChI=1S/C14H20BrFN2O2S/c1-2-21(19,20)18-7-5-13(6-8-18)17-10-11-3-4-12(15)9-14(11)16/h3-4,9,13,17H,2,5-8,10H2,1H3. The summed E-state index contributed by atoms with van der Waals surface area (Å²) in [5.74, 6) is -0.0854. The van der Waals surface area contributed by atoms with E-state index in [0.717, 1.165) is 17.3 Å². The minimum atomic E-state index is -3.08. The number of benzene rings is 1. The molecule has 0 bridgehead atoms. The number of rotatable bonds is 5. The van der Waals surface area contributed by atoms with Gasteiger partial charge in [0.05, 0.1) is 5.75 Å². The summed E-state index contributed by atoms with van der Waals surface area (Å²) < 4.78 is 39.5. The topological polar surface area (TPSA) is 49.4 Å². The van der Waals surface area contributed by atoms with Crippen molar-refractivity contribution < 1.29 is 12.8 Å². The third-order valence-corrected chi connectivity index (χ3v) is 6.18. The van der Waals surface area contributed by atoms with E-state index >= 15 is 0 Å². The van der Waals surface area contributed by atoms with Crippen molar-refractivity contribution in [2.24, 2.45) is 0 Å². The van der Waals surface area contributed by atoms with Gasteiger partial charge in [-0.2, -0.15) is 0 Å². The van der Waals surface area contributed by atoms with Crippen molar-refractivity contribution in [2.45, 2.75) is 32.4 Å². The molecule has 1 aliphatic heterocycles. The van der Waals surface area contributed by atoms with Crippen molar-refractivity contribution in [1.29, 1.82) is 0 Å². The third-order valence-electron chi connectivity index (χ3n) is 3.81. The van der Waals surface area contributed by atoms with Crippen LogP contribution >= 0.6 is 15.9 Å². The van der Waals surface area contributed by atoms with Gasteiger partial charge < -0.3 is 5.32 Å². The van der Waals surface area contributed by atoms with Gasteiger partial charge in [-0.15, -0.1) is 0 Å². The van der Waals surface area contributed by atoms with Gasteiger partial charge in [0.15, 0.2) is 0 Å². The van der Waals surface area contributed by atoms with Gasteiger partial charge >= 0.3 is 0 Å². The first-order chi connectivity index (χ1) is 9.92. The molecule has 0 unspecified atom stereocenters. The zero-order valence-electron chi connectivity index (χ0n) is 12.0. The van der Waals surface area contributed by atoms with Crippen molar-refractivity contribution in [3.8, 4) is 0 Å². The van der Waals surface area contributed by atoms with Crippen LogP contribution in [0.1, 0.15) is 25.3 Å². The highest BCUT2D eigenvalue weighted by Crippen LogP contribution is 2.17. The summed E-state index contributed by atoms with van der Waals surface area (Å²) in [6.07, 6.45) is 1.52. The van der Waals surface area contributed by atoms with Crippen LogP contribution in [-0.4, -0.2) is 37.6 Å². The maximum absolute atomic E-state index is 13.7. The molecule has 1 aliphatic rings. The fourth-order valence-corrected chi connectivity index (χ4v) is 3.91. The van der Waals surface area contributed by atoms with Crippen LogP contribution < -0.4 is 5.32 Å². The first-order valence-corrected chi connectivity index (χ1v) is 9.47. The molecule has 0 atom stereocenters. The van der Waals surface area contributed by atoms with E-state index < -0.39 is 10.0 Å². The lowest BCUT2D eigenvalue weighted by Crippen LogP contribution is -2.45. The van der Waals surface area contributed by atoms with E-state index in [0.29, 0.717) is 25.2 Å². The highest BCUT2D eigenvalue weighted by atomic mass is 79.9. The predicted molar refractivity (Wildman–Crippen MR) is 85.0 cm³/mol. The Balaban J connectivity index is 1.84. The van der Waals surface area contributed by atoms with Crippen LogP contribution in [0.5, 0.6) is 0 Å². The molecule has 1 fully saturated rings. The lowest BCUT2D eigenvalue weighted by atomic mass is 10.1. The predicted octanol–water partition coefficient (Wildman–Crippen LogP) is 2.49. The molecule has 0 saturated carbocycles. The molecule has 1 heterocycles. The summed E-state index contributed by atoms with van der Waals surface area (Å²) in [6, 6.07) is 5.25. The van der Waals surface area contributed by atoms with Crippen LogP contribution in [0.3, 0.4) is 0 Å². The number of sulfonamides is 1. The number of nitrogens with one attached hydrogen (secondary N) is 1. The largest absolute Gasteiger partial charge is 0.310 e. The summed E-state index contributed by atoms with van der Waals surface area (Å²) in [4.78, 5) is 0. The smallest absolute Gasteiger partial charge is 0.213 e. The van der Waals surface area contributed by atoms with Gasteiger partial charge in [-0.1, -0.05) is 22.0 Å². The Morgan fingerprint density at radius 2 is 2.05 bits per heavy atom. The van der Waals surface area contributed by atoms with Crippen LogP contribution in [0.15, 0.2) is 22.7 Å². The van der Waals surface area contributed by atoms with Gasteiger partial charge in [-0.25, -0.2) is 17.1 Å². The number of halogens is 2. The molecule has 0 amide bonds. The monoisotopic (exact) mass is 378 g/mol. The Kier molecular flexibility index (Phi) is 5.76. The third kappa shape index (κ3) is 4.48. The van der Waals surface area contributed by atoms with Crippen LogP contribution in [0.25, 0.3) is 0 Å². The Bertz CT molecular complexity index is 587. The van der Waals surface area contributed by atoms with E-state index in [2.05, 4.69) is 21.2 Å². The van der Waals surface area contributed by atoms with E-state index in [9.17, 15) is 12.8 Å². The van der Waals surface area contributed by atoms with Gasteiger partial charge in [0.25, 0.3) is 0 Å². The Morgan fingerprint density at radius 3 is 2.62 bits per heavy atom. The number of hydrogen-bond acceptors (Lipinski definition) is 3. The molecule has 1 aromatic carbocycles. The summed E-state index contributed by atoms with van der Waals surface area (Å²) >= 11 is 3.23. The van der Waals surface area contributed by atoms with E-state index in [1.807, 2.05) is 6.07 Å². The molecule has 1 aromatic rings. The summed E-state index contributed by atoms with van der Waals surface area (Å²) in [5, 5.41) is 3.31. The molecule has 4 nitrogen and oxygen atoms in total. The average molecular weight is 379 g/mol. The molecule has 0 aromatic heterocycles. The lowest BCUT2D eigenvalue weighted by molar-refractivity contribution is 0.288. The van der Waals surface area contributed by atoms with Crippen LogP contribution in [0.4, 0.5) is 4.39 Å². The molecule has 1 N–H and O–H groups in total. The Hall–Kier alpha value is -0.500. The Labute approximate surface area is 133 Å². The van der Waals surface area contributed by atoms with Crippen molar-refractivity contribution in [1.82, 2.24) is 9.62 Å². The molecule has 21 heavy (non-hydrogen) atoms. The van der Waals surface area contributed by atoms with Crippen LogP contribution in [-0.2, 0) is 16.6 Å². The normalized spacial score (nSPS) is 18.0. The lowest BCUT2D eigenvalue weighted by Gasteiger charge is -2.31. The number of nitrogens with zero attached hydrogens (tertiary/aromatic N) is 1. The average Bonchev–Trinajstić information content (AvgIpc) is 2.47. The zero-order chi connectivity index (χ0) is 15.5. The van der Waals surface area contributed by atoms with Crippen molar-refractivity contribution in [2.75, 3.05) is 18.8 Å². The summed E-state index contributed by atoms with van der Waals surface area (Å²) in [7, 11) is -3.08. The quantitative estimate of drug-likeness (QED) is 0.855. The second-order valence-electron chi connectivity index (χ2n) is 5.19. The molecule has 2 rings (SSSR count). The molecule has 118 valence electrons. The molecular weight excluding hydrogens is 359 g/mol. The number of hydrogen-bond donors (Lipinski definition) is 1. The zero-order valence-corrected chi connectivity index (χ0v) is 14.4. The van der Waals surface area contributed by atoms with Gasteiger partial charge in [-0.05, 0) is 31.9 Å². The molecular formula is C14H20BrFN2O2S. The highest BCUT2D eigenvalue weighted by Gasteiger charge is 2.26. The van der Waals surface area contributed by atoms with Gasteiger partial charge in [0, 0.05) is 35.7 Å². The Morgan fingerprint density at radius 1 is 1.38 bits per heavy atom. The van der Waals surface area contributed by atoms with Gasteiger partial charge in [0.2, 0.25) is 10.0 Å². The first-order valence-electron chi connectivity index (χ1n) is 7.07. The second-order valence-corrected chi connectivity index (χ2v) is 8.36. The second kappa shape index (κ2) is 7.17. The highest BCUT2D eigenvalue weighted by molar-refractivity contribution is 9.10.